The summed E-state index contributed by atoms with van der Waals surface area (Å²) in [6.45, 7) is 3.65. The van der Waals surface area contributed by atoms with Gasteiger partial charge in [-0.1, -0.05) is 17.7 Å². The first-order chi connectivity index (χ1) is 17.3. The van der Waals surface area contributed by atoms with Gasteiger partial charge in [0, 0.05) is 55.5 Å². The molecule has 9 nitrogen and oxygen atoms in total. The average Bonchev–Trinajstić information content (AvgIpc) is 3.20. The fraction of sp³-hybridized carbons (Fsp3) is 0.538. The molecule has 1 saturated heterocycles. The molecule has 2 aliphatic rings. The van der Waals surface area contributed by atoms with Gasteiger partial charge in [-0.05, 0) is 63.6 Å². The quantitative estimate of drug-likeness (QED) is 0.479. The summed E-state index contributed by atoms with van der Waals surface area (Å²) in [5, 5.41) is 7.65. The number of nitrogens with zero attached hydrogens (tertiary/aromatic N) is 5. The lowest BCUT2D eigenvalue weighted by molar-refractivity contribution is -0.134. The lowest BCUT2D eigenvalue weighted by Gasteiger charge is -2.34. The minimum absolute atomic E-state index is 0.0655. The van der Waals surface area contributed by atoms with Crippen molar-refractivity contribution >= 4 is 46.3 Å². The molecule has 36 heavy (non-hydrogen) atoms. The first kappa shape index (κ1) is 24.8. The number of rotatable bonds is 6. The van der Waals surface area contributed by atoms with Crippen LogP contribution in [0.1, 0.15) is 51.5 Å². The monoisotopic (exact) mass is 511 g/mol. The van der Waals surface area contributed by atoms with Crippen molar-refractivity contribution in [3.8, 4) is 0 Å². The van der Waals surface area contributed by atoms with Crippen molar-refractivity contribution in [3.63, 3.8) is 0 Å². The first-order valence-corrected chi connectivity index (χ1v) is 13.0. The Morgan fingerprint density at radius 2 is 1.92 bits per heavy atom. The number of nitrogens with one attached hydrogen (secondary N) is 2. The summed E-state index contributed by atoms with van der Waals surface area (Å²) in [7, 11) is 3.66. The maximum atomic E-state index is 12.6. The van der Waals surface area contributed by atoms with E-state index in [2.05, 4.69) is 27.1 Å². The molecule has 5 rings (SSSR count). The second-order valence-corrected chi connectivity index (χ2v) is 10.8. The third kappa shape index (κ3) is 5.27. The number of imidazole rings is 1. The van der Waals surface area contributed by atoms with E-state index in [1.807, 2.05) is 38.4 Å². The molecule has 1 saturated carbocycles. The highest BCUT2D eigenvalue weighted by Gasteiger charge is 2.32. The fourth-order valence-corrected chi connectivity index (χ4v) is 5.43. The van der Waals surface area contributed by atoms with Crippen LogP contribution in [0.3, 0.4) is 0 Å². The van der Waals surface area contributed by atoms with Crippen LogP contribution in [0.15, 0.2) is 30.5 Å². The van der Waals surface area contributed by atoms with E-state index in [1.54, 1.807) is 11.1 Å². The summed E-state index contributed by atoms with van der Waals surface area (Å²) in [6.07, 6.45) is 7.02. The van der Waals surface area contributed by atoms with Crippen molar-refractivity contribution in [2.75, 3.05) is 37.9 Å². The van der Waals surface area contributed by atoms with E-state index in [4.69, 9.17) is 26.3 Å². The summed E-state index contributed by atoms with van der Waals surface area (Å²) in [5.41, 5.74) is 2.27. The van der Waals surface area contributed by atoms with Crippen LogP contribution in [0.5, 0.6) is 0 Å². The number of hydrogen-bond acceptors (Lipinski definition) is 7. The second kappa shape index (κ2) is 10.2. The van der Waals surface area contributed by atoms with Gasteiger partial charge in [-0.2, -0.15) is 4.98 Å². The molecule has 2 fully saturated rings. The maximum absolute atomic E-state index is 12.6. The van der Waals surface area contributed by atoms with Gasteiger partial charge in [0.1, 0.15) is 5.52 Å². The van der Waals surface area contributed by atoms with Gasteiger partial charge < -0.3 is 20.3 Å². The zero-order chi connectivity index (χ0) is 25.3. The van der Waals surface area contributed by atoms with Crippen molar-refractivity contribution in [2.45, 2.75) is 57.0 Å². The molecule has 0 radical (unpaired) electrons. The van der Waals surface area contributed by atoms with Gasteiger partial charge in [-0.25, -0.2) is 9.97 Å². The van der Waals surface area contributed by atoms with Crippen molar-refractivity contribution in [2.24, 2.45) is 5.92 Å². The highest BCUT2D eigenvalue weighted by molar-refractivity contribution is 6.30. The molecule has 0 unspecified atom stereocenters. The summed E-state index contributed by atoms with van der Waals surface area (Å²) in [5.74, 6) is 1.58. The molecular weight excluding hydrogens is 478 g/mol. The molecule has 0 atom stereocenters. The number of aromatic nitrogens is 4. The van der Waals surface area contributed by atoms with Gasteiger partial charge in [0.15, 0.2) is 5.65 Å². The molecule has 1 aliphatic carbocycles. The molecule has 3 aromatic rings. The number of carbonyl (C=O) groups excluding carboxylic acids is 1. The van der Waals surface area contributed by atoms with Crippen LogP contribution >= 0.6 is 11.6 Å². The van der Waals surface area contributed by atoms with Crippen LogP contribution in [-0.2, 0) is 9.53 Å². The number of ether oxygens (including phenoxy) is 1. The van der Waals surface area contributed by atoms with E-state index in [0.717, 1.165) is 68.6 Å². The van der Waals surface area contributed by atoms with Crippen LogP contribution in [0.2, 0.25) is 5.02 Å². The van der Waals surface area contributed by atoms with E-state index in [9.17, 15) is 4.79 Å². The van der Waals surface area contributed by atoms with Crippen LogP contribution in [0, 0.1) is 5.92 Å². The topological polar surface area (TPSA) is 97.2 Å². The molecule has 3 heterocycles. The normalized spacial score (nSPS) is 21.8. The largest absolute Gasteiger partial charge is 0.381 e. The standard InChI is InChI=1S/C26H34ClN7O2/c1-26(11-13-36-14-12-26)32-24-28-16-21-22(31-24)34(20-9-7-17(8-10-20)23(35)33(2)3)25(30-21)29-19-6-4-5-18(27)15-19/h4-6,15-17,20H,7-14H2,1-3H3,(H,29,30)(H,28,31,32)/t17-,20-. The Morgan fingerprint density at radius 1 is 1.17 bits per heavy atom. The summed E-state index contributed by atoms with van der Waals surface area (Å²) < 4.78 is 7.73. The van der Waals surface area contributed by atoms with Crippen molar-refractivity contribution in [1.82, 2.24) is 24.4 Å². The fourth-order valence-electron chi connectivity index (χ4n) is 5.24. The Morgan fingerprint density at radius 3 is 2.61 bits per heavy atom. The predicted molar refractivity (Wildman–Crippen MR) is 142 cm³/mol. The Labute approximate surface area is 216 Å². The van der Waals surface area contributed by atoms with Gasteiger partial charge in [-0.3, -0.25) is 9.36 Å². The number of anilines is 3. The minimum atomic E-state index is -0.108. The minimum Gasteiger partial charge on any atom is -0.381 e. The Kier molecular flexibility index (Phi) is 7.03. The molecule has 1 aliphatic heterocycles. The summed E-state index contributed by atoms with van der Waals surface area (Å²) in [6, 6.07) is 7.77. The molecular formula is C26H34ClN7O2. The maximum Gasteiger partial charge on any atom is 0.225 e. The van der Waals surface area contributed by atoms with Gasteiger partial charge in [0.25, 0.3) is 0 Å². The van der Waals surface area contributed by atoms with E-state index in [0.29, 0.717) is 16.9 Å². The number of halogens is 1. The zero-order valence-corrected chi connectivity index (χ0v) is 21.9. The summed E-state index contributed by atoms with van der Waals surface area (Å²) in [4.78, 5) is 28.6. The van der Waals surface area contributed by atoms with Crippen molar-refractivity contribution < 1.29 is 9.53 Å². The van der Waals surface area contributed by atoms with E-state index in [-0.39, 0.29) is 23.4 Å². The van der Waals surface area contributed by atoms with E-state index < -0.39 is 0 Å². The number of fused-ring (bicyclic) bond motifs is 1. The first-order valence-electron chi connectivity index (χ1n) is 12.7. The highest BCUT2D eigenvalue weighted by atomic mass is 35.5. The Hall–Kier alpha value is -2.91. The number of hydrogen-bond donors (Lipinski definition) is 2. The Balaban J connectivity index is 1.48. The van der Waals surface area contributed by atoms with Crippen LogP contribution in [-0.4, -0.2) is 63.2 Å². The van der Waals surface area contributed by atoms with Crippen molar-refractivity contribution in [1.29, 1.82) is 0 Å². The zero-order valence-electron chi connectivity index (χ0n) is 21.1. The molecule has 10 heteroatoms. The smallest absolute Gasteiger partial charge is 0.225 e. The van der Waals surface area contributed by atoms with Gasteiger partial charge in [0.05, 0.1) is 6.20 Å². The molecule has 0 spiro atoms. The molecule has 0 bridgehead atoms. The lowest BCUT2D eigenvalue weighted by Crippen LogP contribution is -2.41. The average molecular weight is 512 g/mol. The van der Waals surface area contributed by atoms with Gasteiger partial charge in [-0.15, -0.1) is 0 Å². The van der Waals surface area contributed by atoms with Gasteiger partial charge in [0.2, 0.25) is 17.8 Å². The number of carbonyl (C=O) groups is 1. The van der Waals surface area contributed by atoms with Crippen LogP contribution < -0.4 is 10.6 Å². The molecule has 1 aromatic carbocycles. The van der Waals surface area contributed by atoms with Gasteiger partial charge >= 0.3 is 0 Å². The third-order valence-electron chi connectivity index (χ3n) is 7.38. The number of amides is 1. The van der Waals surface area contributed by atoms with Crippen LogP contribution in [0.4, 0.5) is 17.6 Å². The Bertz CT molecular complexity index is 1230. The second-order valence-electron chi connectivity index (χ2n) is 10.4. The molecule has 192 valence electrons. The molecule has 2 N–H and O–H groups in total. The third-order valence-corrected chi connectivity index (χ3v) is 7.61. The predicted octanol–water partition coefficient (Wildman–Crippen LogP) is 5.02. The van der Waals surface area contributed by atoms with E-state index in [1.165, 1.54) is 0 Å². The molecule has 1 amide bonds. The van der Waals surface area contributed by atoms with Crippen molar-refractivity contribution in [3.05, 3.63) is 35.5 Å². The van der Waals surface area contributed by atoms with E-state index >= 15 is 0 Å². The molecule has 2 aromatic heterocycles. The SMILES string of the molecule is CN(C)C(=O)[C@H]1CC[C@H](n2c(Nc3cccc(Cl)c3)nc3cnc(NC4(C)CCOCC4)nc32)CC1. The number of benzene rings is 1. The summed E-state index contributed by atoms with van der Waals surface area (Å²) >= 11 is 6.23. The lowest BCUT2D eigenvalue weighted by atomic mass is 9.85. The highest BCUT2D eigenvalue weighted by Crippen LogP contribution is 2.38. The van der Waals surface area contributed by atoms with Crippen LogP contribution in [0.25, 0.3) is 11.2 Å².